The minimum atomic E-state index is -0.749. The molecule has 1 saturated heterocycles. The number of benzene rings is 2. The molecule has 0 saturated carbocycles. The summed E-state index contributed by atoms with van der Waals surface area (Å²) in [5.74, 6) is -0.251. The Kier molecular flexibility index (Phi) is 8.34. The minimum absolute atomic E-state index is 0.0706. The number of rotatable bonds is 10. The average molecular weight is 467 g/mol. The van der Waals surface area contributed by atoms with Crippen LogP contribution in [0.4, 0.5) is 0 Å². The number of ketones is 1. The summed E-state index contributed by atoms with van der Waals surface area (Å²) in [6.07, 6.45) is 0. The van der Waals surface area contributed by atoms with E-state index in [1.54, 1.807) is 30.2 Å². The van der Waals surface area contributed by atoms with Crippen LogP contribution in [0.5, 0.6) is 11.5 Å². The van der Waals surface area contributed by atoms with Crippen molar-refractivity contribution in [1.82, 2.24) is 9.80 Å². The second-order valence-corrected chi connectivity index (χ2v) is 8.17. The molecule has 1 fully saturated rings. The molecular weight excluding hydrogens is 432 g/mol. The minimum Gasteiger partial charge on any atom is -0.507 e. The van der Waals surface area contributed by atoms with Crippen molar-refractivity contribution in [3.63, 3.8) is 0 Å². The van der Waals surface area contributed by atoms with Crippen molar-refractivity contribution in [3.05, 3.63) is 64.7 Å². The molecule has 1 aliphatic heterocycles. The first-order chi connectivity index (χ1) is 16.4. The summed E-state index contributed by atoms with van der Waals surface area (Å²) in [6.45, 7) is 11.0. The van der Waals surface area contributed by atoms with Crippen molar-refractivity contribution in [2.24, 2.45) is 0 Å². The van der Waals surface area contributed by atoms with Gasteiger partial charge in [0.15, 0.2) is 0 Å². The molecule has 7 nitrogen and oxygen atoms in total. The van der Waals surface area contributed by atoms with Crippen LogP contribution in [0.1, 0.15) is 43.5 Å². The number of para-hydroxylation sites is 1. The highest BCUT2D eigenvalue weighted by Crippen LogP contribution is 2.42. The van der Waals surface area contributed by atoms with Gasteiger partial charge in [-0.3, -0.25) is 9.59 Å². The van der Waals surface area contributed by atoms with Crippen LogP contribution in [0.2, 0.25) is 0 Å². The molecule has 0 aromatic heterocycles. The number of likely N-dealkylation sites (N-methyl/N-ethyl adjacent to an activating group) is 1. The molecule has 0 bridgehead atoms. The molecule has 1 atom stereocenters. The fourth-order valence-electron chi connectivity index (χ4n) is 4.40. The number of Topliss-reactive ketones (excluding diaryl/α,β-unsaturated/α-hetero) is 1. The lowest BCUT2D eigenvalue weighted by atomic mass is 9.94. The number of hydrogen-bond donors (Lipinski definition) is 1. The summed E-state index contributed by atoms with van der Waals surface area (Å²) in [4.78, 5) is 30.2. The highest BCUT2D eigenvalue weighted by atomic mass is 16.5. The smallest absolute Gasteiger partial charge is 0.295 e. The first-order valence-corrected chi connectivity index (χ1v) is 11.7. The monoisotopic (exact) mass is 466 g/mol. The van der Waals surface area contributed by atoms with Crippen LogP contribution in [0.3, 0.4) is 0 Å². The number of ether oxygens (including phenoxy) is 2. The highest BCUT2D eigenvalue weighted by molar-refractivity contribution is 6.46. The fourth-order valence-corrected chi connectivity index (χ4v) is 4.40. The quantitative estimate of drug-likeness (QED) is 0.322. The molecule has 182 valence electrons. The van der Waals surface area contributed by atoms with Crippen molar-refractivity contribution in [3.8, 4) is 11.5 Å². The van der Waals surface area contributed by atoms with Gasteiger partial charge < -0.3 is 24.4 Å². The lowest BCUT2D eigenvalue weighted by molar-refractivity contribution is -0.140. The van der Waals surface area contributed by atoms with Crippen LogP contribution in [-0.2, 0) is 9.59 Å². The molecule has 0 unspecified atom stereocenters. The van der Waals surface area contributed by atoms with Crippen molar-refractivity contribution in [2.45, 2.75) is 33.7 Å². The molecule has 2 aromatic carbocycles. The van der Waals surface area contributed by atoms with E-state index in [0.717, 1.165) is 18.7 Å². The third-order valence-corrected chi connectivity index (χ3v) is 6.27. The zero-order chi connectivity index (χ0) is 24.8. The fraction of sp³-hybridized carbons (Fsp3) is 0.407. The number of amides is 1. The molecule has 3 rings (SSSR count). The zero-order valence-electron chi connectivity index (χ0n) is 20.6. The third-order valence-electron chi connectivity index (χ3n) is 6.27. The summed E-state index contributed by atoms with van der Waals surface area (Å²) < 4.78 is 11.2. The maximum absolute atomic E-state index is 13.3. The van der Waals surface area contributed by atoms with Crippen molar-refractivity contribution >= 4 is 17.4 Å². The van der Waals surface area contributed by atoms with Gasteiger partial charge in [0.1, 0.15) is 17.3 Å². The van der Waals surface area contributed by atoms with Crippen molar-refractivity contribution in [1.29, 1.82) is 0 Å². The lowest BCUT2D eigenvalue weighted by Gasteiger charge is -2.29. The van der Waals surface area contributed by atoms with E-state index in [4.69, 9.17) is 9.47 Å². The number of carbonyl (C=O) groups excluding carboxylic acids is 2. The Balaban J connectivity index is 2.16. The van der Waals surface area contributed by atoms with Gasteiger partial charge >= 0.3 is 0 Å². The van der Waals surface area contributed by atoms with Gasteiger partial charge in [-0.15, -0.1) is 0 Å². The number of aryl methyl sites for hydroxylation is 1. The van der Waals surface area contributed by atoms with Gasteiger partial charge in [0.2, 0.25) is 0 Å². The summed E-state index contributed by atoms with van der Waals surface area (Å²) in [5, 5.41) is 11.3. The van der Waals surface area contributed by atoms with Crippen LogP contribution < -0.4 is 9.47 Å². The second kappa shape index (κ2) is 11.2. The van der Waals surface area contributed by atoms with Gasteiger partial charge in [0, 0.05) is 24.2 Å². The van der Waals surface area contributed by atoms with Gasteiger partial charge in [0.05, 0.1) is 25.3 Å². The molecule has 7 heteroatoms. The van der Waals surface area contributed by atoms with Gasteiger partial charge in [-0.2, -0.15) is 0 Å². The van der Waals surface area contributed by atoms with E-state index in [9.17, 15) is 14.7 Å². The van der Waals surface area contributed by atoms with Crippen molar-refractivity contribution < 1.29 is 24.2 Å². The largest absolute Gasteiger partial charge is 0.507 e. The number of methoxy groups -OCH3 is 1. The number of likely N-dealkylation sites (tertiary alicyclic amines) is 1. The molecule has 0 spiro atoms. The molecule has 1 amide bonds. The Morgan fingerprint density at radius 2 is 1.76 bits per heavy atom. The zero-order valence-corrected chi connectivity index (χ0v) is 20.6. The summed E-state index contributed by atoms with van der Waals surface area (Å²) in [7, 11) is 1.58. The number of nitrogens with zero attached hydrogens (tertiary/aromatic N) is 2. The Morgan fingerprint density at radius 3 is 2.38 bits per heavy atom. The second-order valence-electron chi connectivity index (χ2n) is 8.17. The number of carbonyl (C=O) groups is 2. The first kappa shape index (κ1) is 25.3. The molecular formula is C27H34N2O5. The molecule has 0 radical (unpaired) electrons. The maximum atomic E-state index is 13.3. The molecule has 34 heavy (non-hydrogen) atoms. The molecule has 2 aromatic rings. The van der Waals surface area contributed by atoms with Crippen LogP contribution >= 0.6 is 0 Å². The van der Waals surface area contributed by atoms with Crippen LogP contribution in [0.15, 0.2) is 48.0 Å². The van der Waals surface area contributed by atoms with E-state index < -0.39 is 17.7 Å². The SMILES string of the molecule is CCOc1ccccc1[C@H]1/C(=C(\O)c2ccc(OC)c(C)c2)C(=O)C(=O)N1CCN(CC)CC. The van der Waals surface area contributed by atoms with Gasteiger partial charge in [-0.1, -0.05) is 32.0 Å². The molecule has 1 aliphatic rings. The van der Waals surface area contributed by atoms with E-state index in [1.165, 1.54) is 0 Å². The number of aliphatic hydroxyl groups excluding tert-OH is 1. The van der Waals surface area contributed by atoms with Crippen LogP contribution in [0, 0.1) is 6.92 Å². The topological polar surface area (TPSA) is 79.3 Å². The Bertz CT molecular complexity index is 1070. The number of aliphatic hydroxyl groups is 1. The van der Waals surface area contributed by atoms with Gasteiger partial charge in [0.25, 0.3) is 11.7 Å². The Hall–Kier alpha value is -3.32. The lowest BCUT2D eigenvalue weighted by Crippen LogP contribution is -2.38. The average Bonchev–Trinajstić information content (AvgIpc) is 3.09. The number of hydrogen-bond acceptors (Lipinski definition) is 6. The summed E-state index contributed by atoms with van der Waals surface area (Å²) in [6, 6.07) is 11.8. The van der Waals surface area contributed by atoms with E-state index in [-0.39, 0.29) is 11.3 Å². The predicted molar refractivity (Wildman–Crippen MR) is 132 cm³/mol. The van der Waals surface area contributed by atoms with E-state index in [0.29, 0.717) is 42.3 Å². The predicted octanol–water partition coefficient (Wildman–Crippen LogP) is 4.17. The van der Waals surface area contributed by atoms with Crippen LogP contribution in [-0.4, -0.2) is 66.5 Å². The standard InChI is InChI=1S/C27H34N2O5/c1-6-28(7-2)15-16-29-24(20-11-9-10-12-22(20)34-8-3)23(26(31)27(29)32)25(30)19-13-14-21(33-5)18(4)17-19/h9-14,17,24,30H,6-8,15-16H2,1-5H3/b25-23+/t24-/m0/s1. The van der Waals surface area contributed by atoms with E-state index >= 15 is 0 Å². The van der Waals surface area contributed by atoms with Crippen LogP contribution in [0.25, 0.3) is 5.76 Å². The Labute approximate surface area is 201 Å². The third kappa shape index (κ3) is 4.94. The molecule has 0 aliphatic carbocycles. The summed E-state index contributed by atoms with van der Waals surface area (Å²) in [5.41, 5.74) is 2.02. The van der Waals surface area contributed by atoms with Gasteiger partial charge in [-0.25, -0.2) is 0 Å². The normalized spacial score (nSPS) is 17.5. The van der Waals surface area contributed by atoms with E-state index in [2.05, 4.69) is 18.7 Å². The van der Waals surface area contributed by atoms with Gasteiger partial charge in [-0.05, 0) is 56.8 Å². The summed E-state index contributed by atoms with van der Waals surface area (Å²) >= 11 is 0. The van der Waals surface area contributed by atoms with Crippen molar-refractivity contribution in [2.75, 3.05) is 39.9 Å². The first-order valence-electron chi connectivity index (χ1n) is 11.7. The van der Waals surface area contributed by atoms with E-state index in [1.807, 2.05) is 38.1 Å². The molecule has 1 heterocycles. The highest BCUT2D eigenvalue weighted by Gasteiger charge is 2.47. The molecule has 1 N–H and O–H groups in total. The maximum Gasteiger partial charge on any atom is 0.295 e. The Morgan fingerprint density at radius 1 is 1.06 bits per heavy atom.